The highest BCUT2D eigenvalue weighted by atomic mass is 32.2. The fourth-order valence-corrected chi connectivity index (χ4v) is 5.93. The minimum absolute atomic E-state index is 0.0434. The molecule has 3 aliphatic rings. The minimum atomic E-state index is -1.10. The van der Waals surface area contributed by atoms with Gasteiger partial charge in [-0.3, -0.25) is 0 Å². The van der Waals surface area contributed by atoms with Crippen molar-refractivity contribution >= 4 is 22.9 Å². The highest BCUT2D eigenvalue weighted by Crippen LogP contribution is 2.42. The first kappa shape index (κ1) is 20.8. The van der Waals surface area contributed by atoms with Gasteiger partial charge in [0.1, 0.15) is 22.8 Å². The Morgan fingerprint density at radius 1 is 1.19 bits per heavy atom. The van der Waals surface area contributed by atoms with Gasteiger partial charge < -0.3 is 29.3 Å². The second-order valence-electron chi connectivity index (χ2n) is 8.65. The number of methoxy groups -OCH3 is 2. The Morgan fingerprint density at radius 3 is 2.52 bits per heavy atom. The molecule has 166 valence electrons. The SMILES string of the molecule is COc1ccc(C2(OC)CN(c3nc4c(c(NC5(CO)CCC5)n3)[S@+]([O-])CC4)C2)cc1. The summed E-state index contributed by atoms with van der Waals surface area (Å²) >= 11 is -1.10. The largest absolute Gasteiger partial charge is 0.611 e. The molecule has 2 aromatic rings. The Bertz CT molecular complexity index is 955. The minimum Gasteiger partial charge on any atom is -0.611 e. The van der Waals surface area contributed by atoms with Crippen LogP contribution in [-0.4, -0.2) is 64.8 Å². The molecule has 9 heteroatoms. The molecule has 1 aromatic heterocycles. The van der Waals surface area contributed by atoms with E-state index in [2.05, 4.69) is 10.2 Å². The Morgan fingerprint density at radius 2 is 1.94 bits per heavy atom. The van der Waals surface area contributed by atoms with E-state index in [0.717, 1.165) is 36.3 Å². The van der Waals surface area contributed by atoms with E-state index in [4.69, 9.17) is 19.4 Å². The molecule has 1 saturated heterocycles. The Balaban J connectivity index is 1.41. The van der Waals surface area contributed by atoms with E-state index >= 15 is 0 Å². The van der Waals surface area contributed by atoms with E-state index in [9.17, 15) is 9.66 Å². The lowest BCUT2D eigenvalue weighted by molar-refractivity contribution is -0.0390. The summed E-state index contributed by atoms with van der Waals surface area (Å²) in [5, 5.41) is 13.3. The van der Waals surface area contributed by atoms with Crippen LogP contribution in [0.25, 0.3) is 0 Å². The standard InChI is InChI=1S/C22H28N4O4S/c1-29-16-6-4-15(5-7-16)22(30-2)12-26(13-22)20-23-17-8-11-31(28)18(17)19(24-20)25-21(14-27)9-3-10-21/h4-7,27H,3,8-14H2,1-2H3,(H,23,24,25)/t31-/m1/s1. The van der Waals surface area contributed by atoms with Crippen LogP contribution in [0.15, 0.2) is 29.2 Å². The number of aromatic nitrogens is 2. The Labute approximate surface area is 185 Å². The number of ether oxygens (including phenoxy) is 2. The van der Waals surface area contributed by atoms with Crippen molar-refractivity contribution in [3.63, 3.8) is 0 Å². The van der Waals surface area contributed by atoms with Crippen molar-refractivity contribution in [2.75, 3.05) is 49.9 Å². The molecule has 5 rings (SSSR count). The number of benzene rings is 1. The number of aryl methyl sites for hydroxylation is 1. The van der Waals surface area contributed by atoms with Crippen molar-refractivity contribution in [1.82, 2.24) is 9.97 Å². The summed E-state index contributed by atoms with van der Waals surface area (Å²) in [6.45, 7) is 1.30. The number of anilines is 2. The number of rotatable bonds is 7. The third-order valence-electron chi connectivity index (χ3n) is 6.86. The summed E-state index contributed by atoms with van der Waals surface area (Å²) in [4.78, 5) is 12.3. The average molecular weight is 445 g/mol. The van der Waals surface area contributed by atoms with Crippen LogP contribution in [0.1, 0.15) is 30.5 Å². The van der Waals surface area contributed by atoms with Crippen LogP contribution in [-0.2, 0) is 27.9 Å². The topological polar surface area (TPSA) is 103 Å². The molecule has 1 atom stereocenters. The zero-order chi connectivity index (χ0) is 21.6. The lowest BCUT2D eigenvalue weighted by atomic mass is 9.77. The molecule has 2 fully saturated rings. The van der Waals surface area contributed by atoms with Crippen molar-refractivity contribution in [3.8, 4) is 5.75 Å². The third-order valence-corrected chi connectivity index (χ3v) is 8.31. The second kappa shape index (κ2) is 7.81. The number of aliphatic hydroxyl groups excluding tert-OH is 1. The van der Waals surface area contributed by atoms with E-state index < -0.39 is 16.8 Å². The van der Waals surface area contributed by atoms with E-state index in [1.807, 2.05) is 24.3 Å². The maximum atomic E-state index is 12.6. The normalized spacial score (nSPS) is 23.0. The van der Waals surface area contributed by atoms with Crippen LogP contribution in [0.3, 0.4) is 0 Å². The van der Waals surface area contributed by atoms with E-state index in [0.29, 0.717) is 41.9 Å². The zero-order valence-corrected chi connectivity index (χ0v) is 18.7. The fraction of sp³-hybridized carbons (Fsp3) is 0.545. The van der Waals surface area contributed by atoms with Crippen molar-refractivity contribution in [2.24, 2.45) is 0 Å². The van der Waals surface area contributed by atoms with Gasteiger partial charge in [0.15, 0.2) is 5.82 Å². The molecule has 8 nitrogen and oxygen atoms in total. The number of nitrogens with zero attached hydrogens (tertiary/aromatic N) is 3. The molecule has 31 heavy (non-hydrogen) atoms. The summed E-state index contributed by atoms with van der Waals surface area (Å²) in [5.41, 5.74) is 1.14. The number of aliphatic hydroxyl groups is 1. The highest BCUT2D eigenvalue weighted by molar-refractivity contribution is 7.91. The molecule has 1 aromatic carbocycles. The summed E-state index contributed by atoms with van der Waals surface area (Å²) in [5.74, 6) is 2.62. The maximum Gasteiger partial charge on any atom is 0.228 e. The number of hydrogen-bond donors (Lipinski definition) is 2. The first-order chi connectivity index (χ1) is 15.0. The first-order valence-electron chi connectivity index (χ1n) is 10.6. The van der Waals surface area contributed by atoms with E-state index in [-0.39, 0.29) is 12.1 Å². The van der Waals surface area contributed by atoms with Crippen LogP contribution in [0.4, 0.5) is 11.8 Å². The highest BCUT2D eigenvalue weighted by Gasteiger charge is 2.47. The second-order valence-corrected chi connectivity index (χ2v) is 10.2. The molecule has 0 amide bonds. The molecule has 3 heterocycles. The van der Waals surface area contributed by atoms with Crippen LogP contribution < -0.4 is 15.0 Å². The first-order valence-corrected chi connectivity index (χ1v) is 12.0. The van der Waals surface area contributed by atoms with Crippen LogP contribution in [0, 0.1) is 0 Å². The van der Waals surface area contributed by atoms with Crippen molar-refractivity contribution in [2.45, 2.75) is 41.7 Å². The fourth-order valence-electron chi connectivity index (χ4n) is 4.62. The van der Waals surface area contributed by atoms with Gasteiger partial charge in [-0.1, -0.05) is 12.1 Å². The molecule has 2 N–H and O–H groups in total. The number of fused-ring (bicyclic) bond motifs is 1. The smallest absolute Gasteiger partial charge is 0.228 e. The molecule has 0 spiro atoms. The van der Waals surface area contributed by atoms with E-state index in [1.54, 1.807) is 14.2 Å². The van der Waals surface area contributed by atoms with Gasteiger partial charge in [0, 0.05) is 13.5 Å². The van der Waals surface area contributed by atoms with Gasteiger partial charge in [-0.15, -0.1) is 0 Å². The van der Waals surface area contributed by atoms with Crippen molar-refractivity contribution in [1.29, 1.82) is 0 Å². The Kier molecular flexibility index (Phi) is 5.24. The molecule has 0 unspecified atom stereocenters. The zero-order valence-electron chi connectivity index (χ0n) is 17.9. The molecular weight excluding hydrogens is 416 g/mol. The van der Waals surface area contributed by atoms with Gasteiger partial charge in [-0.2, -0.15) is 4.98 Å². The molecule has 1 aliphatic carbocycles. The lowest BCUT2D eigenvalue weighted by Crippen LogP contribution is -2.61. The van der Waals surface area contributed by atoms with Crippen molar-refractivity contribution in [3.05, 3.63) is 35.5 Å². The quantitative estimate of drug-likeness (QED) is 0.624. The third kappa shape index (κ3) is 3.44. The molecule has 0 radical (unpaired) electrons. The summed E-state index contributed by atoms with van der Waals surface area (Å²) in [6, 6.07) is 7.94. The number of hydrogen-bond acceptors (Lipinski definition) is 8. The van der Waals surface area contributed by atoms with Gasteiger partial charge in [0.05, 0.1) is 32.3 Å². The van der Waals surface area contributed by atoms with Gasteiger partial charge in [0.25, 0.3) is 0 Å². The monoisotopic (exact) mass is 444 g/mol. The lowest BCUT2D eigenvalue weighted by Gasteiger charge is -2.49. The van der Waals surface area contributed by atoms with Crippen LogP contribution in [0.2, 0.25) is 0 Å². The predicted octanol–water partition coefficient (Wildman–Crippen LogP) is 1.84. The van der Waals surface area contributed by atoms with Crippen molar-refractivity contribution < 1.29 is 19.1 Å². The molecule has 0 bridgehead atoms. The van der Waals surface area contributed by atoms with Crippen LogP contribution >= 0.6 is 0 Å². The van der Waals surface area contributed by atoms with Gasteiger partial charge in [-0.25, -0.2) is 4.98 Å². The van der Waals surface area contributed by atoms with Gasteiger partial charge >= 0.3 is 0 Å². The molecule has 2 aliphatic heterocycles. The predicted molar refractivity (Wildman–Crippen MR) is 118 cm³/mol. The van der Waals surface area contributed by atoms with Gasteiger partial charge in [-0.05, 0) is 48.1 Å². The Hall–Kier alpha value is -2.07. The summed E-state index contributed by atoms with van der Waals surface area (Å²) < 4.78 is 23.8. The van der Waals surface area contributed by atoms with Crippen LogP contribution in [0.5, 0.6) is 5.75 Å². The average Bonchev–Trinajstić information content (AvgIpc) is 3.12. The molecule has 1 saturated carbocycles. The summed E-state index contributed by atoms with van der Waals surface area (Å²) in [7, 11) is 3.38. The summed E-state index contributed by atoms with van der Waals surface area (Å²) in [6.07, 6.45) is 3.53. The van der Waals surface area contributed by atoms with E-state index in [1.165, 1.54) is 0 Å². The molecular formula is C22H28N4O4S. The van der Waals surface area contributed by atoms with Gasteiger partial charge in [0.2, 0.25) is 10.8 Å². The number of nitrogens with one attached hydrogen (secondary N) is 1. The maximum absolute atomic E-state index is 12.6.